The first-order valence-corrected chi connectivity index (χ1v) is 9.11. The number of halogens is 2. The fourth-order valence-corrected chi connectivity index (χ4v) is 2.72. The molecular formula is C19H20FIN2O4. The van der Waals surface area contributed by atoms with Gasteiger partial charge in [0.05, 0.1) is 24.0 Å². The van der Waals surface area contributed by atoms with E-state index in [1.807, 2.05) is 22.6 Å². The molecule has 0 heterocycles. The van der Waals surface area contributed by atoms with Gasteiger partial charge in [-0.2, -0.15) is 0 Å². The van der Waals surface area contributed by atoms with Crippen LogP contribution in [0.1, 0.15) is 31.1 Å². The molecule has 0 spiro atoms. The molecule has 0 bridgehead atoms. The molecule has 0 saturated heterocycles. The number of rotatable bonds is 4. The fourth-order valence-electron chi connectivity index (χ4n) is 2.14. The van der Waals surface area contributed by atoms with Crippen molar-refractivity contribution in [1.82, 2.24) is 0 Å². The molecule has 2 amide bonds. The first-order chi connectivity index (χ1) is 12.6. The zero-order valence-electron chi connectivity index (χ0n) is 15.4. The smallest absolute Gasteiger partial charge is 0.412 e. The van der Waals surface area contributed by atoms with Gasteiger partial charge in [-0.25, -0.2) is 9.18 Å². The topological polar surface area (TPSA) is 76.7 Å². The van der Waals surface area contributed by atoms with Crippen molar-refractivity contribution < 1.29 is 23.5 Å². The number of nitrogens with one attached hydrogen (secondary N) is 2. The molecule has 0 aliphatic carbocycles. The summed E-state index contributed by atoms with van der Waals surface area (Å²) in [5.41, 5.74) is 0.134. The van der Waals surface area contributed by atoms with Crippen LogP contribution in [0.3, 0.4) is 0 Å². The van der Waals surface area contributed by atoms with E-state index < -0.39 is 23.4 Å². The van der Waals surface area contributed by atoms with Gasteiger partial charge in [0, 0.05) is 9.64 Å². The standard InChI is InChI=1S/C19H20FIN2O4/c1-19(2,3)27-18(25)23-15-8-6-12(26-4)10-16(15)22-17(24)13-9-11(20)5-7-14(13)21/h5-10H,1-4H3,(H,22,24)(H,23,25). The van der Waals surface area contributed by atoms with Crippen LogP contribution < -0.4 is 15.4 Å². The Morgan fingerprint density at radius 1 is 1.04 bits per heavy atom. The van der Waals surface area contributed by atoms with Gasteiger partial charge in [0.25, 0.3) is 5.91 Å². The van der Waals surface area contributed by atoms with E-state index in [-0.39, 0.29) is 5.56 Å². The van der Waals surface area contributed by atoms with Gasteiger partial charge in [-0.1, -0.05) is 0 Å². The van der Waals surface area contributed by atoms with E-state index in [0.29, 0.717) is 20.7 Å². The Balaban J connectivity index is 2.29. The van der Waals surface area contributed by atoms with E-state index in [2.05, 4.69) is 10.6 Å². The second-order valence-corrected chi connectivity index (χ2v) is 7.78. The Morgan fingerprint density at radius 2 is 1.74 bits per heavy atom. The summed E-state index contributed by atoms with van der Waals surface area (Å²) in [6.07, 6.45) is -0.663. The third-order valence-corrected chi connectivity index (χ3v) is 4.22. The van der Waals surface area contributed by atoms with Crippen molar-refractivity contribution in [2.45, 2.75) is 26.4 Å². The molecule has 0 aromatic heterocycles. The molecule has 0 aliphatic rings. The average molecular weight is 486 g/mol. The Bertz CT molecular complexity index is 865. The lowest BCUT2D eigenvalue weighted by Crippen LogP contribution is -2.27. The lowest BCUT2D eigenvalue weighted by atomic mass is 10.2. The number of ether oxygens (including phenoxy) is 2. The number of methoxy groups -OCH3 is 1. The molecule has 0 radical (unpaired) electrons. The summed E-state index contributed by atoms with van der Waals surface area (Å²) in [5, 5.41) is 5.27. The van der Waals surface area contributed by atoms with Gasteiger partial charge < -0.3 is 14.8 Å². The molecule has 0 atom stereocenters. The zero-order valence-corrected chi connectivity index (χ0v) is 17.5. The highest BCUT2D eigenvalue weighted by atomic mass is 127. The molecule has 0 fully saturated rings. The van der Waals surface area contributed by atoms with Crippen LogP contribution in [0.15, 0.2) is 36.4 Å². The number of hydrogen-bond donors (Lipinski definition) is 2. The van der Waals surface area contributed by atoms with Crippen LogP contribution >= 0.6 is 22.6 Å². The van der Waals surface area contributed by atoms with Crippen molar-refractivity contribution in [2.75, 3.05) is 17.7 Å². The molecular weight excluding hydrogens is 466 g/mol. The Labute approximate surface area is 170 Å². The van der Waals surface area contributed by atoms with E-state index in [0.717, 1.165) is 6.07 Å². The minimum atomic E-state index is -0.669. The molecule has 8 heteroatoms. The second kappa shape index (κ2) is 8.55. The summed E-state index contributed by atoms with van der Waals surface area (Å²) in [4.78, 5) is 24.6. The van der Waals surface area contributed by atoms with Crippen molar-refractivity contribution in [3.05, 3.63) is 51.3 Å². The fraction of sp³-hybridized carbons (Fsp3) is 0.263. The maximum absolute atomic E-state index is 13.5. The highest BCUT2D eigenvalue weighted by Gasteiger charge is 2.19. The first kappa shape index (κ1) is 20.9. The Morgan fingerprint density at radius 3 is 2.37 bits per heavy atom. The molecule has 144 valence electrons. The van der Waals surface area contributed by atoms with Gasteiger partial charge in [-0.15, -0.1) is 0 Å². The van der Waals surface area contributed by atoms with Crippen molar-refractivity contribution in [1.29, 1.82) is 0 Å². The summed E-state index contributed by atoms with van der Waals surface area (Å²) >= 11 is 1.95. The predicted octanol–water partition coefficient (Wildman–Crippen LogP) is 5.04. The molecule has 0 saturated carbocycles. The average Bonchev–Trinajstić information content (AvgIpc) is 2.56. The van der Waals surface area contributed by atoms with Gasteiger partial charge in [-0.3, -0.25) is 10.1 Å². The van der Waals surface area contributed by atoms with E-state index in [4.69, 9.17) is 9.47 Å². The maximum Gasteiger partial charge on any atom is 0.412 e. The summed E-state index contributed by atoms with van der Waals surface area (Å²) < 4.78 is 24.5. The molecule has 0 unspecified atom stereocenters. The van der Waals surface area contributed by atoms with Crippen LogP contribution in [0.2, 0.25) is 0 Å². The minimum absolute atomic E-state index is 0.182. The van der Waals surface area contributed by atoms with E-state index in [1.165, 1.54) is 19.2 Å². The lowest BCUT2D eigenvalue weighted by molar-refractivity contribution is 0.0635. The monoisotopic (exact) mass is 486 g/mol. The van der Waals surface area contributed by atoms with Crippen LogP contribution in [0.5, 0.6) is 5.75 Å². The van der Waals surface area contributed by atoms with Crippen LogP contribution in [-0.4, -0.2) is 24.7 Å². The van der Waals surface area contributed by atoms with Crippen LogP contribution in [0.4, 0.5) is 20.6 Å². The largest absolute Gasteiger partial charge is 0.497 e. The van der Waals surface area contributed by atoms with Crippen molar-refractivity contribution in [3.8, 4) is 5.75 Å². The zero-order chi connectivity index (χ0) is 20.2. The number of hydrogen-bond acceptors (Lipinski definition) is 4. The number of anilines is 2. The van der Waals surface area contributed by atoms with Crippen molar-refractivity contribution in [2.24, 2.45) is 0 Å². The molecule has 27 heavy (non-hydrogen) atoms. The summed E-state index contributed by atoms with van der Waals surface area (Å²) in [7, 11) is 1.48. The molecule has 2 rings (SSSR count). The van der Waals surface area contributed by atoms with Gasteiger partial charge in [-0.05, 0) is 73.7 Å². The third kappa shape index (κ3) is 6.09. The number of amides is 2. The number of carbonyl (C=O) groups is 2. The van der Waals surface area contributed by atoms with Gasteiger partial charge in [0.2, 0.25) is 0 Å². The van der Waals surface area contributed by atoms with Crippen molar-refractivity contribution >= 4 is 46.0 Å². The van der Waals surface area contributed by atoms with Crippen molar-refractivity contribution in [3.63, 3.8) is 0 Å². The van der Waals surface area contributed by atoms with Gasteiger partial charge in [0.1, 0.15) is 17.2 Å². The lowest BCUT2D eigenvalue weighted by Gasteiger charge is -2.21. The van der Waals surface area contributed by atoms with Gasteiger partial charge >= 0.3 is 6.09 Å². The van der Waals surface area contributed by atoms with E-state index in [1.54, 1.807) is 39.0 Å². The molecule has 2 aromatic rings. The van der Waals surface area contributed by atoms with Crippen LogP contribution in [0, 0.1) is 9.39 Å². The van der Waals surface area contributed by atoms with Crippen LogP contribution in [0.25, 0.3) is 0 Å². The summed E-state index contributed by atoms with van der Waals surface area (Å²) in [6, 6.07) is 8.70. The van der Waals surface area contributed by atoms with Crippen LogP contribution in [-0.2, 0) is 4.74 Å². The first-order valence-electron chi connectivity index (χ1n) is 8.03. The van der Waals surface area contributed by atoms with E-state index >= 15 is 0 Å². The third-order valence-electron chi connectivity index (χ3n) is 3.28. The highest BCUT2D eigenvalue weighted by Crippen LogP contribution is 2.28. The molecule has 2 N–H and O–H groups in total. The number of benzene rings is 2. The van der Waals surface area contributed by atoms with Gasteiger partial charge in [0.15, 0.2) is 0 Å². The normalized spacial score (nSPS) is 10.9. The Kier molecular flexibility index (Phi) is 6.63. The SMILES string of the molecule is COc1ccc(NC(=O)OC(C)(C)C)c(NC(=O)c2cc(F)ccc2I)c1. The molecule has 6 nitrogen and oxygen atoms in total. The minimum Gasteiger partial charge on any atom is -0.497 e. The molecule has 2 aromatic carbocycles. The highest BCUT2D eigenvalue weighted by molar-refractivity contribution is 14.1. The molecule has 0 aliphatic heterocycles. The predicted molar refractivity (Wildman–Crippen MR) is 110 cm³/mol. The summed E-state index contributed by atoms with van der Waals surface area (Å²) in [5.74, 6) is -0.549. The second-order valence-electron chi connectivity index (χ2n) is 6.62. The number of carbonyl (C=O) groups excluding carboxylic acids is 2. The maximum atomic E-state index is 13.5. The summed E-state index contributed by atoms with van der Waals surface area (Å²) in [6.45, 7) is 5.24. The Hall–Kier alpha value is -2.36. The van der Waals surface area contributed by atoms with E-state index in [9.17, 15) is 14.0 Å². The quantitative estimate of drug-likeness (QED) is 0.594.